The molecule has 46 heavy (non-hydrogen) atoms. The van der Waals surface area contributed by atoms with Crippen molar-refractivity contribution in [3.63, 3.8) is 0 Å². The molecule has 13 heteroatoms. The molecule has 0 aliphatic carbocycles. The number of methoxy groups -OCH3 is 1. The highest BCUT2D eigenvalue weighted by molar-refractivity contribution is 6.77. The molecule has 4 rings (SSSR count). The van der Waals surface area contributed by atoms with Crippen LogP contribution in [0.15, 0.2) is 48.2 Å². The van der Waals surface area contributed by atoms with Crippen LogP contribution in [-0.2, 0) is 27.2 Å². The number of hydrogen-bond acceptors (Lipinski definition) is 9. The number of carbonyl (C=O) groups is 2. The summed E-state index contributed by atoms with van der Waals surface area (Å²) in [7, 11) is -0.162. The summed E-state index contributed by atoms with van der Waals surface area (Å²) in [5.41, 5.74) is 1.55. The normalized spacial score (nSPS) is 13.6. The van der Waals surface area contributed by atoms with Gasteiger partial charge in [-0.15, -0.1) is 0 Å². The van der Waals surface area contributed by atoms with Gasteiger partial charge in [0.15, 0.2) is 18.1 Å². The van der Waals surface area contributed by atoms with Crippen LogP contribution in [0.4, 0.5) is 0 Å². The van der Waals surface area contributed by atoms with Gasteiger partial charge < -0.3 is 38.7 Å². The van der Waals surface area contributed by atoms with Crippen molar-refractivity contribution in [2.24, 2.45) is 0 Å². The fourth-order valence-corrected chi connectivity index (χ4v) is 5.27. The molecule has 1 atom stereocenters. The van der Waals surface area contributed by atoms with Crippen LogP contribution < -0.4 is 23.8 Å². The van der Waals surface area contributed by atoms with Crippen LogP contribution in [0.2, 0.25) is 19.6 Å². The Hall–Kier alpha value is -4.49. The second-order valence-corrected chi connectivity index (χ2v) is 17.5. The minimum Gasteiger partial charge on any atom is -0.497 e. The minimum atomic E-state index is -1.63. The van der Waals surface area contributed by atoms with Crippen molar-refractivity contribution in [3.05, 3.63) is 70.8 Å². The molecular weight excluding hydrogens is 612 g/mol. The topological polar surface area (TPSA) is 148 Å². The number of carboxylic acid groups (broad SMARTS) is 2. The molecular formula is C33H42N2O10Si. The van der Waals surface area contributed by atoms with E-state index >= 15 is 0 Å². The van der Waals surface area contributed by atoms with Gasteiger partial charge in [0.25, 0.3) is 0 Å². The van der Waals surface area contributed by atoms with E-state index in [1.165, 1.54) is 17.9 Å². The molecule has 2 heterocycles. The Labute approximate surface area is 269 Å². The van der Waals surface area contributed by atoms with E-state index < -0.39 is 26.6 Å². The number of aromatic nitrogens is 2. The molecule has 0 saturated heterocycles. The molecule has 1 aliphatic rings. The zero-order valence-corrected chi connectivity index (χ0v) is 28.1. The smallest absolute Gasteiger partial charge is 0.341 e. The highest BCUT2D eigenvalue weighted by Gasteiger charge is 2.28. The number of unbranched alkanes of at least 4 members (excludes halogenated alkanes) is 1. The predicted octanol–water partition coefficient (Wildman–Crippen LogP) is 5.22. The largest absolute Gasteiger partial charge is 0.497 e. The van der Waals surface area contributed by atoms with Gasteiger partial charge in [0, 0.05) is 35.8 Å². The number of hydrogen-bond donors (Lipinski definition) is 2. The van der Waals surface area contributed by atoms with Gasteiger partial charge in [0.1, 0.15) is 23.0 Å². The van der Waals surface area contributed by atoms with E-state index in [2.05, 4.69) is 31.5 Å². The van der Waals surface area contributed by atoms with Crippen LogP contribution in [0, 0.1) is 0 Å². The number of benzene rings is 2. The molecule has 2 aromatic carbocycles. The van der Waals surface area contributed by atoms with Gasteiger partial charge >= 0.3 is 11.9 Å². The number of rotatable bonds is 17. The molecule has 0 saturated carbocycles. The number of carboxylic acids is 2. The molecule has 2 N–H and O–H groups in total. The quantitative estimate of drug-likeness (QED) is 0.112. The third-order valence-corrected chi connectivity index (χ3v) is 10.3. The lowest BCUT2D eigenvalue weighted by molar-refractivity contribution is -0.139. The first-order valence-corrected chi connectivity index (χ1v) is 18.7. The summed E-state index contributed by atoms with van der Waals surface area (Å²) in [6.45, 7) is 10.0. The molecule has 0 fully saturated rings. The van der Waals surface area contributed by atoms with Crippen molar-refractivity contribution >= 4 is 25.6 Å². The molecule has 0 spiro atoms. The van der Waals surface area contributed by atoms with Crippen LogP contribution in [0.1, 0.15) is 49.3 Å². The van der Waals surface area contributed by atoms with E-state index in [1.807, 2.05) is 6.92 Å². The van der Waals surface area contributed by atoms with Crippen molar-refractivity contribution in [2.45, 2.75) is 64.9 Å². The summed E-state index contributed by atoms with van der Waals surface area (Å²) in [6.07, 6.45) is 3.84. The van der Waals surface area contributed by atoms with Crippen molar-refractivity contribution in [1.29, 1.82) is 0 Å². The van der Waals surface area contributed by atoms with Crippen molar-refractivity contribution in [2.75, 3.05) is 27.3 Å². The molecule has 12 nitrogen and oxygen atoms in total. The minimum absolute atomic E-state index is 0.00705. The van der Waals surface area contributed by atoms with E-state index in [4.69, 9.17) is 28.5 Å². The Balaban J connectivity index is 1.93. The summed E-state index contributed by atoms with van der Waals surface area (Å²) in [4.78, 5) is 35.6. The Kier molecular flexibility index (Phi) is 11.4. The Morgan fingerprint density at radius 3 is 2.52 bits per heavy atom. The zero-order chi connectivity index (χ0) is 33.4. The molecule has 0 bridgehead atoms. The molecule has 1 unspecified atom stereocenters. The van der Waals surface area contributed by atoms with Gasteiger partial charge in [-0.25, -0.2) is 14.6 Å². The average Bonchev–Trinajstić information content (AvgIpc) is 3.65. The van der Waals surface area contributed by atoms with Gasteiger partial charge in [-0.3, -0.25) is 0 Å². The molecule has 0 amide bonds. The van der Waals surface area contributed by atoms with Crippen molar-refractivity contribution in [1.82, 2.24) is 9.71 Å². The standard InChI is InChI=1S/C33H42N2O10Si/c1-7-8-9-30-34-17-26(35(30)45-20-42-21(2)46(4,5)6)32(24-12-11-23(40-3)16-28(24)41-18-31(36)37)25(33(38)39)14-22-10-13-27-29(15-22)44-19-43-27/h10-13,15-17,21H,7-9,14,18-20H2,1-6H3,(H,36,37)(H,38,39). The lowest BCUT2D eigenvalue weighted by Gasteiger charge is -2.26. The van der Waals surface area contributed by atoms with Crippen LogP contribution >= 0.6 is 0 Å². The van der Waals surface area contributed by atoms with Gasteiger partial charge in [0.05, 0.1) is 27.0 Å². The van der Waals surface area contributed by atoms with Crippen LogP contribution in [-0.4, -0.2) is 73.0 Å². The lowest BCUT2D eigenvalue weighted by atomic mass is 9.92. The molecule has 1 aromatic heterocycles. The van der Waals surface area contributed by atoms with Crippen molar-refractivity contribution < 1.29 is 48.3 Å². The number of ether oxygens (including phenoxy) is 5. The molecule has 0 radical (unpaired) electrons. The third kappa shape index (κ3) is 8.40. The first-order chi connectivity index (χ1) is 21.9. The maximum absolute atomic E-state index is 13.2. The van der Waals surface area contributed by atoms with Gasteiger partial charge in [0.2, 0.25) is 13.6 Å². The zero-order valence-electron chi connectivity index (χ0n) is 27.1. The van der Waals surface area contributed by atoms with Gasteiger partial charge in [-0.2, -0.15) is 4.73 Å². The van der Waals surface area contributed by atoms with E-state index in [-0.39, 0.29) is 42.6 Å². The monoisotopic (exact) mass is 654 g/mol. The van der Waals surface area contributed by atoms with E-state index in [1.54, 1.807) is 36.5 Å². The van der Waals surface area contributed by atoms with Gasteiger partial charge in [-0.05, 0) is 43.2 Å². The van der Waals surface area contributed by atoms with Crippen LogP contribution in [0.5, 0.6) is 23.0 Å². The number of fused-ring (bicyclic) bond motifs is 1. The fourth-order valence-electron chi connectivity index (χ4n) is 4.70. The van der Waals surface area contributed by atoms with Crippen molar-refractivity contribution in [3.8, 4) is 23.0 Å². The summed E-state index contributed by atoms with van der Waals surface area (Å²) in [5.74, 6) is -0.188. The first kappa shape index (κ1) is 34.4. The highest BCUT2D eigenvalue weighted by atomic mass is 28.3. The number of imidazole rings is 1. The fraction of sp³-hybridized carbons (Fsp3) is 0.424. The first-order valence-electron chi connectivity index (χ1n) is 15.1. The van der Waals surface area contributed by atoms with E-state index in [0.717, 1.165) is 12.8 Å². The SMILES string of the molecule is CCCCc1ncc(C(=C(Cc2ccc3c(c2)OCO3)C(=O)O)c2ccc(OC)cc2OCC(=O)O)n1OCOC(C)[Si](C)(C)C. The molecule has 248 valence electrons. The summed E-state index contributed by atoms with van der Waals surface area (Å²) in [5, 5.41) is 20.2. The summed E-state index contributed by atoms with van der Waals surface area (Å²) in [6, 6.07) is 10.1. The predicted molar refractivity (Wildman–Crippen MR) is 172 cm³/mol. The number of nitrogens with zero attached hydrogens (tertiary/aromatic N) is 2. The third-order valence-electron chi connectivity index (χ3n) is 7.71. The van der Waals surface area contributed by atoms with Crippen LogP contribution in [0.3, 0.4) is 0 Å². The van der Waals surface area contributed by atoms with Crippen LogP contribution in [0.25, 0.3) is 5.57 Å². The Morgan fingerprint density at radius 1 is 1.09 bits per heavy atom. The van der Waals surface area contributed by atoms with E-state index in [0.29, 0.717) is 46.3 Å². The Morgan fingerprint density at radius 2 is 1.85 bits per heavy atom. The molecule has 1 aliphatic heterocycles. The number of aryl methyl sites for hydroxylation is 1. The van der Waals surface area contributed by atoms with Gasteiger partial charge in [-0.1, -0.05) is 39.1 Å². The maximum atomic E-state index is 13.2. The van der Waals surface area contributed by atoms with E-state index in [9.17, 15) is 19.8 Å². The highest BCUT2D eigenvalue weighted by Crippen LogP contribution is 2.39. The second kappa shape index (κ2) is 15.2. The average molecular weight is 655 g/mol. The maximum Gasteiger partial charge on any atom is 0.341 e. The Bertz CT molecular complexity index is 1580. The second-order valence-electron chi connectivity index (χ2n) is 11.9. The summed E-state index contributed by atoms with van der Waals surface area (Å²) >= 11 is 0. The molecule has 3 aromatic rings. The summed E-state index contributed by atoms with van der Waals surface area (Å²) < 4.78 is 29.7. The number of aliphatic carboxylic acids is 2. The lowest BCUT2D eigenvalue weighted by Crippen LogP contribution is -2.39.